The second-order valence-electron chi connectivity index (χ2n) is 3.04. The molecule has 0 aliphatic rings. The summed E-state index contributed by atoms with van der Waals surface area (Å²) in [7, 11) is 0. The van der Waals surface area contributed by atoms with Crippen LogP contribution in [0.5, 0.6) is 0 Å². The van der Waals surface area contributed by atoms with Crippen LogP contribution in [0.15, 0.2) is 10.6 Å². The first kappa shape index (κ1) is 12.9. The lowest BCUT2D eigenvalue weighted by molar-refractivity contribution is -0.169. The van der Waals surface area contributed by atoms with E-state index in [1.165, 1.54) is 6.07 Å². The molecule has 0 atom stereocenters. The van der Waals surface area contributed by atoms with Crippen LogP contribution in [0.2, 0.25) is 0 Å². The van der Waals surface area contributed by atoms with Gasteiger partial charge in [0.25, 0.3) is 0 Å². The number of ether oxygens (including phenoxy) is 1. The molecule has 0 saturated carbocycles. The molecule has 0 saturated heterocycles. The highest BCUT2D eigenvalue weighted by Gasteiger charge is 2.41. The molecule has 0 aliphatic heterocycles. The van der Waals surface area contributed by atoms with Crippen molar-refractivity contribution in [2.24, 2.45) is 5.73 Å². The van der Waals surface area contributed by atoms with Crippen LogP contribution in [0.1, 0.15) is 11.5 Å². The van der Waals surface area contributed by atoms with Gasteiger partial charge in [-0.1, -0.05) is 5.16 Å². The summed E-state index contributed by atoms with van der Waals surface area (Å²) in [5, 5.41) is 3.47. The van der Waals surface area contributed by atoms with Gasteiger partial charge in [0.05, 0.1) is 5.69 Å². The van der Waals surface area contributed by atoms with Gasteiger partial charge in [-0.3, -0.25) is 0 Å². The van der Waals surface area contributed by atoms with Crippen molar-refractivity contribution < 1.29 is 26.8 Å². The Labute approximate surface area is 88.3 Å². The van der Waals surface area contributed by atoms with Crippen molar-refractivity contribution in [3.05, 3.63) is 17.5 Å². The van der Waals surface area contributed by atoms with Crippen molar-refractivity contribution in [1.82, 2.24) is 5.16 Å². The molecular formula is C8H10F4N2O2. The van der Waals surface area contributed by atoms with Gasteiger partial charge in [-0.2, -0.15) is 8.78 Å². The fourth-order valence-electron chi connectivity index (χ4n) is 0.871. The molecule has 0 aliphatic carbocycles. The van der Waals surface area contributed by atoms with Crippen LogP contribution in [0.25, 0.3) is 0 Å². The Morgan fingerprint density at radius 3 is 2.69 bits per heavy atom. The minimum absolute atomic E-state index is 0.136. The van der Waals surface area contributed by atoms with Crippen LogP contribution in [-0.4, -0.2) is 24.1 Å². The van der Waals surface area contributed by atoms with Gasteiger partial charge >= 0.3 is 12.3 Å². The molecule has 4 nitrogen and oxygen atoms in total. The van der Waals surface area contributed by atoms with Crippen LogP contribution in [0.3, 0.4) is 0 Å². The van der Waals surface area contributed by atoms with Gasteiger partial charge in [0, 0.05) is 12.6 Å². The molecule has 0 bridgehead atoms. The Morgan fingerprint density at radius 2 is 2.19 bits per heavy atom. The SMILES string of the molecule is NCc1cc(COCC(F)(F)C(F)F)on1. The summed E-state index contributed by atoms with van der Waals surface area (Å²) in [5.74, 6) is -4.00. The molecule has 1 rings (SSSR count). The molecule has 1 aromatic heterocycles. The highest BCUT2D eigenvalue weighted by Crippen LogP contribution is 2.23. The van der Waals surface area contributed by atoms with E-state index in [9.17, 15) is 17.6 Å². The molecule has 0 fully saturated rings. The van der Waals surface area contributed by atoms with Crippen LogP contribution < -0.4 is 5.73 Å². The van der Waals surface area contributed by atoms with Gasteiger partial charge in [0.1, 0.15) is 13.2 Å². The molecular weight excluding hydrogens is 232 g/mol. The smallest absolute Gasteiger partial charge is 0.330 e. The predicted octanol–water partition coefficient (Wildman–Crippen LogP) is 1.55. The fraction of sp³-hybridized carbons (Fsp3) is 0.625. The number of rotatable bonds is 6. The van der Waals surface area contributed by atoms with Crippen molar-refractivity contribution in [2.75, 3.05) is 6.61 Å². The zero-order valence-corrected chi connectivity index (χ0v) is 8.13. The first-order valence-corrected chi connectivity index (χ1v) is 4.34. The van der Waals surface area contributed by atoms with Crippen molar-refractivity contribution in [1.29, 1.82) is 0 Å². The van der Waals surface area contributed by atoms with E-state index >= 15 is 0 Å². The Bertz CT molecular complexity index is 330. The third kappa shape index (κ3) is 3.46. The van der Waals surface area contributed by atoms with E-state index in [0.29, 0.717) is 5.69 Å². The van der Waals surface area contributed by atoms with E-state index in [4.69, 9.17) is 5.73 Å². The first-order chi connectivity index (χ1) is 7.45. The normalized spacial score (nSPS) is 12.4. The van der Waals surface area contributed by atoms with Gasteiger partial charge < -0.3 is 15.0 Å². The number of hydrogen-bond acceptors (Lipinski definition) is 4. The summed E-state index contributed by atoms with van der Waals surface area (Å²) in [6.45, 7) is -1.59. The third-order valence-electron chi connectivity index (χ3n) is 1.67. The van der Waals surface area contributed by atoms with E-state index in [1.54, 1.807) is 0 Å². The summed E-state index contributed by atoms with van der Waals surface area (Å²) in [6.07, 6.45) is -3.75. The number of halogens is 4. The molecule has 16 heavy (non-hydrogen) atoms. The zero-order chi connectivity index (χ0) is 12.2. The predicted molar refractivity (Wildman–Crippen MR) is 45.0 cm³/mol. The lowest BCUT2D eigenvalue weighted by atomic mass is 10.3. The van der Waals surface area contributed by atoms with Crippen LogP contribution in [0.4, 0.5) is 17.6 Å². The molecule has 1 heterocycles. The summed E-state index contributed by atoms with van der Waals surface area (Å²) in [4.78, 5) is 0. The Balaban J connectivity index is 2.35. The van der Waals surface area contributed by atoms with Crippen LogP contribution in [-0.2, 0) is 17.9 Å². The average Bonchev–Trinajstić information content (AvgIpc) is 2.65. The van der Waals surface area contributed by atoms with Gasteiger partial charge in [-0.25, -0.2) is 8.78 Å². The maximum atomic E-state index is 12.4. The number of aromatic nitrogens is 1. The van der Waals surface area contributed by atoms with E-state index in [0.717, 1.165) is 0 Å². The molecule has 8 heteroatoms. The maximum Gasteiger partial charge on any atom is 0.330 e. The molecule has 0 spiro atoms. The van der Waals surface area contributed by atoms with Gasteiger partial charge in [0.15, 0.2) is 5.76 Å². The average molecular weight is 242 g/mol. The monoisotopic (exact) mass is 242 g/mol. The number of nitrogens with two attached hydrogens (primary N) is 1. The van der Waals surface area contributed by atoms with E-state index in [2.05, 4.69) is 14.4 Å². The van der Waals surface area contributed by atoms with E-state index in [-0.39, 0.29) is 18.9 Å². The number of alkyl halides is 4. The molecule has 0 aromatic carbocycles. The summed E-state index contributed by atoms with van der Waals surface area (Å²) in [5.41, 5.74) is 5.65. The molecule has 0 unspecified atom stereocenters. The van der Waals surface area contributed by atoms with Gasteiger partial charge in [-0.05, 0) is 0 Å². The minimum atomic E-state index is -4.16. The first-order valence-electron chi connectivity index (χ1n) is 4.34. The molecule has 2 N–H and O–H groups in total. The second-order valence-corrected chi connectivity index (χ2v) is 3.04. The highest BCUT2D eigenvalue weighted by molar-refractivity contribution is 5.03. The Hall–Kier alpha value is -1.15. The third-order valence-corrected chi connectivity index (χ3v) is 1.67. The topological polar surface area (TPSA) is 61.3 Å². The number of nitrogens with zero attached hydrogens (tertiary/aromatic N) is 1. The largest absolute Gasteiger partial charge is 0.367 e. The molecule has 92 valence electrons. The molecule has 0 amide bonds. The minimum Gasteiger partial charge on any atom is -0.367 e. The van der Waals surface area contributed by atoms with Crippen LogP contribution >= 0.6 is 0 Å². The molecule has 1 aromatic rings. The second kappa shape index (κ2) is 5.26. The zero-order valence-electron chi connectivity index (χ0n) is 8.13. The Kier molecular flexibility index (Phi) is 4.25. The Morgan fingerprint density at radius 1 is 1.50 bits per heavy atom. The van der Waals surface area contributed by atoms with Crippen molar-refractivity contribution >= 4 is 0 Å². The quantitative estimate of drug-likeness (QED) is 0.769. The van der Waals surface area contributed by atoms with Crippen molar-refractivity contribution in [3.8, 4) is 0 Å². The lowest BCUT2D eigenvalue weighted by Crippen LogP contribution is -2.32. The maximum absolute atomic E-state index is 12.4. The van der Waals surface area contributed by atoms with E-state index < -0.39 is 19.0 Å². The lowest BCUT2D eigenvalue weighted by Gasteiger charge is -2.14. The standard InChI is InChI=1S/C8H10F4N2O2/c9-7(10)8(11,12)4-15-3-6-1-5(2-13)14-16-6/h1,7H,2-4,13H2. The summed E-state index contributed by atoms with van der Waals surface area (Å²) >= 11 is 0. The fourth-order valence-corrected chi connectivity index (χ4v) is 0.871. The number of hydrogen-bond donors (Lipinski definition) is 1. The van der Waals surface area contributed by atoms with E-state index in [1.807, 2.05) is 0 Å². The summed E-state index contributed by atoms with van der Waals surface area (Å²) in [6, 6.07) is 1.40. The van der Waals surface area contributed by atoms with Crippen molar-refractivity contribution in [3.63, 3.8) is 0 Å². The molecule has 0 radical (unpaired) electrons. The van der Waals surface area contributed by atoms with Crippen molar-refractivity contribution in [2.45, 2.75) is 25.5 Å². The van der Waals surface area contributed by atoms with Crippen LogP contribution in [0, 0.1) is 0 Å². The van der Waals surface area contributed by atoms with Gasteiger partial charge in [0.2, 0.25) is 0 Å². The van der Waals surface area contributed by atoms with Gasteiger partial charge in [-0.15, -0.1) is 0 Å². The highest BCUT2D eigenvalue weighted by atomic mass is 19.3. The summed E-state index contributed by atoms with van der Waals surface area (Å²) < 4.78 is 57.2.